The minimum Gasteiger partial charge on any atom is -0.380 e. The monoisotopic (exact) mass is 317 g/mol. The van der Waals surface area contributed by atoms with E-state index in [0.29, 0.717) is 25.3 Å². The maximum absolute atomic E-state index is 12.1. The molecule has 0 aromatic heterocycles. The van der Waals surface area contributed by atoms with Crippen LogP contribution in [0, 0.1) is 0 Å². The van der Waals surface area contributed by atoms with E-state index in [1.54, 1.807) is 18.0 Å². The topological polar surface area (TPSA) is 29.5 Å². The molecule has 1 aromatic rings. The molecule has 1 aromatic carbocycles. The molecule has 5 heteroatoms. The predicted octanol–water partition coefficient (Wildman–Crippen LogP) is 2.85. The van der Waals surface area contributed by atoms with E-state index >= 15 is 0 Å². The number of thiol groups is 1. The number of halogens is 1. The van der Waals surface area contributed by atoms with Crippen LogP contribution >= 0.6 is 28.6 Å². The number of carbonyl (C=O) groups is 1. The summed E-state index contributed by atoms with van der Waals surface area (Å²) in [5.74, 6) is -0.0347. The molecule has 0 bridgehead atoms. The summed E-state index contributed by atoms with van der Waals surface area (Å²) in [6.07, 6.45) is 0. The first kappa shape index (κ1) is 14.5. The number of hydrogen-bond acceptors (Lipinski definition) is 3. The van der Waals surface area contributed by atoms with E-state index in [9.17, 15) is 4.79 Å². The van der Waals surface area contributed by atoms with Crippen LogP contribution in [0.2, 0.25) is 0 Å². The van der Waals surface area contributed by atoms with Gasteiger partial charge in [0.1, 0.15) is 0 Å². The van der Waals surface area contributed by atoms with Crippen LogP contribution in [0.5, 0.6) is 0 Å². The molecule has 0 fully saturated rings. The highest BCUT2D eigenvalue weighted by atomic mass is 79.9. The average molecular weight is 318 g/mol. The Balaban J connectivity index is 2.71. The second-order valence-electron chi connectivity index (χ2n) is 3.59. The quantitative estimate of drug-likeness (QED) is 0.668. The molecule has 17 heavy (non-hydrogen) atoms. The lowest BCUT2D eigenvalue weighted by Gasteiger charge is -2.18. The summed E-state index contributed by atoms with van der Waals surface area (Å²) in [7, 11) is 1.76. The van der Waals surface area contributed by atoms with Gasteiger partial charge >= 0.3 is 0 Å². The first-order chi connectivity index (χ1) is 8.06. The van der Waals surface area contributed by atoms with Gasteiger partial charge in [0.05, 0.1) is 12.2 Å². The van der Waals surface area contributed by atoms with Crippen LogP contribution in [-0.4, -0.2) is 37.6 Å². The Kier molecular flexibility index (Phi) is 6.02. The summed E-state index contributed by atoms with van der Waals surface area (Å²) in [6.45, 7) is 3.73. The molecule has 0 aliphatic rings. The fourth-order valence-corrected chi connectivity index (χ4v) is 1.95. The molecular formula is C12H16BrNO2S. The summed E-state index contributed by atoms with van der Waals surface area (Å²) in [6, 6.07) is 5.42. The molecule has 0 saturated carbocycles. The molecule has 0 spiro atoms. The second-order valence-corrected chi connectivity index (χ2v) is 4.96. The Hall–Kier alpha value is -0.520. The molecule has 0 atom stereocenters. The van der Waals surface area contributed by atoms with Crippen molar-refractivity contribution >= 4 is 34.5 Å². The number of hydrogen-bond donors (Lipinski definition) is 1. The van der Waals surface area contributed by atoms with Gasteiger partial charge in [0.15, 0.2) is 0 Å². The summed E-state index contributed by atoms with van der Waals surface area (Å²) in [4.78, 5) is 14.5. The molecule has 1 amide bonds. The van der Waals surface area contributed by atoms with Crippen molar-refractivity contribution in [3.05, 3.63) is 28.2 Å². The molecule has 0 N–H and O–H groups in total. The third kappa shape index (κ3) is 4.33. The van der Waals surface area contributed by atoms with Crippen LogP contribution in [0.4, 0.5) is 0 Å². The summed E-state index contributed by atoms with van der Waals surface area (Å²) >= 11 is 7.60. The Labute approximate surface area is 116 Å². The predicted molar refractivity (Wildman–Crippen MR) is 74.8 cm³/mol. The maximum atomic E-state index is 12.1. The van der Waals surface area contributed by atoms with Crippen LogP contribution < -0.4 is 0 Å². The number of carbonyl (C=O) groups excluding carboxylic acids is 1. The van der Waals surface area contributed by atoms with E-state index < -0.39 is 0 Å². The highest BCUT2D eigenvalue weighted by Gasteiger charge is 2.14. The minimum atomic E-state index is -0.0347. The Morgan fingerprint density at radius 2 is 2.24 bits per heavy atom. The average Bonchev–Trinajstić information content (AvgIpc) is 2.31. The molecule has 0 aliphatic heterocycles. The van der Waals surface area contributed by atoms with Crippen LogP contribution in [0.15, 0.2) is 27.6 Å². The maximum Gasteiger partial charge on any atom is 0.254 e. The van der Waals surface area contributed by atoms with E-state index in [2.05, 4.69) is 28.6 Å². The van der Waals surface area contributed by atoms with Crippen LogP contribution in [0.3, 0.4) is 0 Å². The lowest BCUT2D eigenvalue weighted by Crippen LogP contribution is -2.30. The van der Waals surface area contributed by atoms with Crippen molar-refractivity contribution < 1.29 is 9.53 Å². The standard InChI is InChI=1S/C12H16BrNO2S/c1-3-16-7-6-14(2)12(15)10-8-9(17)4-5-11(10)13/h4-5,8,17H,3,6-7H2,1-2H3. The number of rotatable bonds is 5. The zero-order valence-corrected chi connectivity index (χ0v) is 12.4. The fourth-order valence-electron chi connectivity index (χ4n) is 1.33. The lowest BCUT2D eigenvalue weighted by atomic mass is 10.2. The molecule has 3 nitrogen and oxygen atoms in total. The fraction of sp³-hybridized carbons (Fsp3) is 0.417. The van der Waals surface area contributed by atoms with Gasteiger partial charge in [-0.2, -0.15) is 0 Å². The first-order valence-electron chi connectivity index (χ1n) is 5.38. The molecular weight excluding hydrogens is 302 g/mol. The molecule has 0 aliphatic carbocycles. The zero-order chi connectivity index (χ0) is 12.8. The smallest absolute Gasteiger partial charge is 0.254 e. The Morgan fingerprint density at radius 1 is 1.53 bits per heavy atom. The van der Waals surface area contributed by atoms with E-state index in [4.69, 9.17) is 4.74 Å². The van der Waals surface area contributed by atoms with Crippen molar-refractivity contribution in [3.63, 3.8) is 0 Å². The molecule has 1 rings (SSSR count). The van der Waals surface area contributed by atoms with Gasteiger partial charge in [0, 0.05) is 29.6 Å². The molecule has 0 saturated heterocycles. The van der Waals surface area contributed by atoms with Crippen LogP contribution in [0.1, 0.15) is 17.3 Å². The molecule has 0 unspecified atom stereocenters. The van der Waals surface area contributed by atoms with Gasteiger partial charge < -0.3 is 9.64 Å². The van der Waals surface area contributed by atoms with Gasteiger partial charge in [-0.05, 0) is 41.1 Å². The molecule has 0 radical (unpaired) electrons. The summed E-state index contributed by atoms with van der Waals surface area (Å²) in [5.41, 5.74) is 0.622. The third-order valence-electron chi connectivity index (χ3n) is 2.30. The second kappa shape index (κ2) is 7.03. The number of nitrogens with zero attached hydrogens (tertiary/aromatic N) is 1. The number of ether oxygens (including phenoxy) is 1. The van der Waals surface area contributed by atoms with Gasteiger partial charge in [-0.25, -0.2) is 0 Å². The number of likely N-dealkylation sites (N-methyl/N-ethyl adjacent to an activating group) is 1. The van der Waals surface area contributed by atoms with E-state index in [0.717, 1.165) is 9.37 Å². The third-order valence-corrected chi connectivity index (χ3v) is 3.27. The van der Waals surface area contributed by atoms with Crippen molar-refractivity contribution in [2.45, 2.75) is 11.8 Å². The normalized spacial score (nSPS) is 10.4. The van der Waals surface area contributed by atoms with Crippen molar-refractivity contribution in [3.8, 4) is 0 Å². The largest absolute Gasteiger partial charge is 0.380 e. The summed E-state index contributed by atoms with van der Waals surface area (Å²) in [5, 5.41) is 0. The van der Waals surface area contributed by atoms with Gasteiger partial charge in [-0.15, -0.1) is 12.6 Å². The highest BCUT2D eigenvalue weighted by Crippen LogP contribution is 2.21. The van der Waals surface area contributed by atoms with Crippen molar-refractivity contribution in [2.24, 2.45) is 0 Å². The zero-order valence-electron chi connectivity index (χ0n) is 9.94. The van der Waals surface area contributed by atoms with Crippen LogP contribution in [-0.2, 0) is 4.74 Å². The SMILES string of the molecule is CCOCCN(C)C(=O)c1cc(S)ccc1Br. The van der Waals surface area contributed by atoms with Gasteiger partial charge in [-0.1, -0.05) is 0 Å². The van der Waals surface area contributed by atoms with Crippen molar-refractivity contribution in [1.29, 1.82) is 0 Å². The Bertz CT molecular complexity index is 398. The highest BCUT2D eigenvalue weighted by molar-refractivity contribution is 9.10. The van der Waals surface area contributed by atoms with E-state index in [-0.39, 0.29) is 5.91 Å². The molecule has 94 valence electrons. The lowest BCUT2D eigenvalue weighted by molar-refractivity contribution is 0.0709. The van der Waals surface area contributed by atoms with E-state index in [1.165, 1.54) is 0 Å². The molecule has 0 heterocycles. The van der Waals surface area contributed by atoms with Crippen molar-refractivity contribution in [2.75, 3.05) is 26.8 Å². The first-order valence-corrected chi connectivity index (χ1v) is 6.62. The van der Waals surface area contributed by atoms with Crippen molar-refractivity contribution in [1.82, 2.24) is 4.90 Å². The van der Waals surface area contributed by atoms with Gasteiger partial charge in [0.25, 0.3) is 5.91 Å². The van der Waals surface area contributed by atoms with Gasteiger partial charge in [-0.3, -0.25) is 4.79 Å². The summed E-state index contributed by atoms with van der Waals surface area (Å²) < 4.78 is 6.00. The Morgan fingerprint density at radius 3 is 2.88 bits per heavy atom. The van der Waals surface area contributed by atoms with E-state index in [1.807, 2.05) is 19.1 Å². The number of benzene rings is 1. The van der Waals surface area contributed by atoms with Gasteiger partial charge in [0.2, 0.25) is 0 Å². The van der Waals surface area contributed by atoms with Crippen LogP contribution in [0.25, 0.3) is 0 Å². The number of amides is 1. The minimum absolute atomic E-state index is 0.0347.